The molecule has 1 atom stereocenters. The number of aldehydes is 1. The standard InChI is InChI=1S/C6H11NO3/c1-3-7(6(9)10)5(2)4-8/h4-5H,3H2,1-2H3,(H,9,10). The molecule has 0 saturated carbocycles. The molecule has 0 fully saturated rings. The van der Waals surface area contributed by atoms with E-state index in [-0.39, 0.29) is 0 Å². The first-order valence-corrected chi connectivity index (χ1v) is 3.08. The Kier molecular flexibility index (Phi) is 3.46. The lowest BCUT2D eigenvalue weighted by atomic mass is 10.3. The van der Waals surface area contributed by atoms with Crippen LogP contribution in [0.15, 0.2) is 0 Å². The van der Waals surface area contributed by atoms with Crippen molar-refractivity contribution in [2.45, 2.75) is 19.9 Å². The summed E-state index contributed by atoms with van der Waals surface area (Å²) in [7, 11) is 0. The molecule has 0 aliphatic rings. The lowest BCUT2D eigenvalue weighted by Gasteiger charge is -2.19. The van der Waals surface area contributed by atoms with Gasteiger partial charge in [0.1, 0.15) is 6.29 Å². The molecular weight excluding hydrogens is 134 g/mol. The Bertz CT molecular complexity index is 135. The van der Waals surface area contributed by atoms with Crippen LogP contribution in [0.2, 0.25) is 0 Å². The Labute approximate surface area is 59.4 Å². The fourth-order valence-corrected chi connectivity index (χ4v) is 0.671. The van der Waals surface area contributed by atoms with E-state index in [0.29, 0.717) is 12.8 Å². The number of likely N-dealkylation sites (N-methyl/N-ethyl adjacent to an activating group) is 1. The SMILES string of the molecule is CCN(C(=O)O)C(C)C=O. The summed E-state index contributed by atoms with van der Waals surface area (Å²) >= 11 is 0. The van der Waals surface area contributed by atoms with Gasteiger partial charge in [0.25, 0.3) is 0 Å². The van der Waals surface area contributed by atoms with Crippen LogP contribution in [-0.2, 0) is 4.79 Å². The van der Waals surface area contributed by atoms with Crippen LogP contribution in [0.4, 0.5) is 4.79 Å². The topological polar surface area (TPSA) is 57.6 Å². The molecule has 0 aliphatic heterocycles. The molecule has 0 bridgehead atoms. The third kappa shape index (κ3) is 2.05. The summed E-state index contributed by atoms with van der Waals surface area (Å²) in [5, 5.41) is 8.44. The van der Waals surface area contributed by atoms with Gasteiger partial charge in [-0.3, -0.25) is 4.90 Å². The minimum Gasteiger partial charge on any atom is -0.465 e. The van der Waals surface area contributed by atoms with E-state index >= 15 is 0 Å². The highest BCUT2D eigenvalue weighted by atomic mass is 16.4. The molecule has 1 N–H and O–H groups in total. The molecule has 10 heavy (non-hydrogen) atoms. The van der Waals surface area contributed by atoms with E-state index in [0.717, 1.165) is 4.90 Å². The molecule has 1 unspecified atom stereocenters. The van der Waals surface area contributed by atoms with Gasteiger partial charge in [-0.15, -0.1) is 0 Å². The molecule has 4 nitrogen and oxygen atoms in total. The molecule has 0 aromatic heterocycles. The number of nitrogens with zero attached hydrogens (tertiary/aromatic N) is 1. The van der Waals surface area contributed by atoms with Gasteiger partial charge in [0.05, 0.1) is 6.04 Å². The van der Waals surface area contributed by atoms with Crippen LogP contribution in [0.5, 0.6) is 0 Å². The smallest absolute Gasteiger partial charge is 0.407 e. The molecule has 0 aromatic carbocycles. The first-order valence-electron chi connectivity index (χ1n) is 3.08. The Morgan fingerprint density at radius 3 is 2.40 bits per heavy atom. The van der Waals surface area contributed by atoms with Gasteiger partial charge in [-0.25, -0.2) is 4.79 Å². The largest absolute Gasteiger partial charge is 0.465 e. The van der Waals surface area contributed by atoms with Crippen LogP contribution >= 0.6 is 0 Å². The van der Waals surface area contributed by atoms with Gasteiger partial charge in [-0.2, -0.15) is 0 Å². The first kappa shape index (κ1) is 8.94. The molecular formula is C6H11NO3. The van der Waals surface area contributed by atoms with Gasteiger partial charge in [0, 0.05) is 6.54 Å². The normalized spacial score (nSPS) is 12.2. The summed E-state index contributed by atoms with van der Waals surface area (Å²) in [6.45, 7) is 3.58. The number of hydrogen-bond acceptors (Lipinski definition) is 2. The fourth-order valence-electron chi connectivity index (χ4n) is 0.671. The summed E-state index contributed by atoms with van der Waals surface area (Å²) in [4.78, 5) is 21.5. The van der Waals surface area contributed by atoms with Crippen LogP contribution in [-0.4, -0.2) is 35.0 Å². The van der Waals surface area contributed by atoms with Gasteiger partial charge in [-0.05, 0) is 13.8 Å². The van der Waals surface area contributed by atoms with Crippen LogP contribution in [0, 0.1) is 0 Å². The molecule has 0 radical (unpaired) electrons. The maximum atomic E-state index is 10.3. The highest BCUT2D eigenvalue weighted by Crippen LogP contribution is 1.94. The second kappa shape index (κ2) is 3.87. The van der Waals surface area contributed by atoms with E-state index in [2.05, 4.69) is 0 Å². The highest BCUT2D eigenvalue weighted by Gasteiger charge is 2.15. The van der Waals surface area contributed by atoms with Gasteiger partial charge in [0.2, 0.25) is 0 Å². The Hall–Kier alpha value is -1.06. The zero-order valence-corrected chi connectivity index (χ0v) is 6.07. The van der Waals surface area contributed by atoms with Gasteiger partial charge in [0.15, 0.2) is 0 Å². The fraction of sp³-hybridized carbons (Fsp3) is 0.667. The Balaban J connectivity index is 4.05. The molecule has 0 aromatic rings. The van der Waals surface area contributed by atoms with Crippen molar-refractivity contribution in [2.75, 3.05) is 6.54 Å². The minimum absolute atomic E-state index is 0.342. The number of carbonyl (C=O) groups excluding carboxylic acids is 1. The van der Waals surface area contributed by atoms with Gasteiger partial charge in [-0.1, -0.05) is 0 Å². The monoisotopic (exact) mass is 145 g/mol. The molecule has 58 valence electrons. The average molecular weight is 145 g/mol. The van der Waals surface area contributed by atoms with Crippen molar-refractivity contribution in [3.8, 4) is 0 Å². The van der Waals surface area contributed by atoms with Crippen molar-refractivity contribution in [1.82, 2.24) is 4.90 Å². The van der Waals surface area contributed by atoms with Crippen LogP contribution in [0.3, 0.4) is 0 Å². The summed E-state index contributed by atoms with van der Waals surface area (Å²) in [5.74, 6) is 0. The van der Waals surface area contributed by atoms with Crippen LogP contribution in [0.25, 0.3) is 0 Å². The van der Waals surface area contributed by atoms with Crippen molar-refractivity contribution < 1.29 is 14.7 Å². The Morgan fingerprint density at radius 2 is 2.30 bits per heavy atom. The number of hydrogen-bond donors (Lipinski definition) is 1. The second-order valence-electron chi connectivity index (χ2n) is 1.95. The van der Waals surface area contributed by atoms with Crippen molar-refractivity contribution >= 4 is 12.4 Å². The third-order valence-corrected chi connectivity index (χ3v) is 1.27. The van der Waals surface area contributed by atoms with Gasteiger partial charge < -0.3 is 9.90 Å². The third-order valence-electron chi connectivity index (χ3n) is 1.27. The van der Waals surface area contributed by atoms with E-state index in [9.17, 15) is 9.59 Å². The predicted molar refractivity (Wildman–Crippen MR) is 35.9 cm³/mol. The Morgan fingerprint density at radius 1 is 1.80 bits per heavy atom. The summed E-state index contributed by atoms with van der Waals surface area (Å²) < 4.78 is 0. The van der Waals surface area contributed by atoms with Crippen molar-refractivity contribution in [1.29, 1.82) is 0 Å². The predicted octanol–water partition coefficient (Wildman–Crippen LogP) is 0.574. The molecule has 1 amide bonds. The number of carboxylic acid groups (broad SMARTS) is 1. The summed E-state index contributed by atoms with van der Waals surface area (Å²) in [6.07, 6.45) is -0.445. The van der Waals surface area contributed by atoms with E-state index in [1.165, 1.54) is 0 Å². The maximum absolute atomic E-state index is 10.3. The van der Waals surface area contributed by atoms with E-state index in [1.807, 2.05) is 0 Å². The quantitative estimate of drug-likeness (QED) is 0.591. The summed E-state index contributed by atoms with van der Waals surface area (Å²) in [6, 6.07) is -0.539. The van der Waals surface area contributed by atoms with Crippen molar-refractivity contribution in [3.63, 3.8) is 0 Å². The number of rotatable bonds is 3. The summed E-state index contributed by atoms with van der Waals surface area (Å²) in [5.41, 5.74) is 0. The number of amides is 1. The second-order valence-corrected chi connectivity index (χ2v) is 1.95. The molecule has 0 saturated heterocycles. The molecule has 0 aliphatic carbocycles. The minimum atomic E-state index is -1.05. The zero-order valence-electron chi connectivity index (χ0n) is 6.07. The lowest BCUT2D eigenvalue weighted by Crippen LogP contribution is -2.38. The van der Waals surface area contributed by atoms with Crippen LogP contribution in [0.1, 0.15) is 13.8 Å². The van der Waals surface area contributed by atoms with Crippen molar-refractivity contribution in [2.24, 2.45) is 0 Å². The van der Waals surface area contributed by atoms with Crippen LogP contribution < -0.4 is 0 Å². The zero-order chi connectivity index (χ0) is 8.15. The first-order chi connectivity index (χ1) is 4.63. The maximum Gasteiger partial charge on any atom is 0.407 e. The van der Waals surface area contributed by atoms with E-state index in [1.54, 1.807) is 13.8 Å². The van der Waals surface area contributed by atoms with E-state index in [4.69, 9.17) is 5.11 Å². The molecule has 0 rings (SSSR count). The number of carbonyl (C=O) groups is 2. The lowest BCUT2D eigenvalue weighted by molar-refractivity contribution is -0.111. The molecule has 0 heterocycles. The highest BCUT2D eigenvalue weighted by molar-refractivity contribution is 5.71. The van der Waals surface area contributed by atoms with E-state index < -0.39 is 12.1 Å². The van der Waals surface area contributed by atoms with Gasteiger partial charge >= 0.3 is 6.09 Å². The average Bonchev–Trinajstić information content (AvgIpc) is 1.88. The molecule has 4 heteroatoms. The molecule has 0 spiro atoms. The van der Waals surface area contributed by atoms with Crippen molar-refractivity contribution in [3.05, 3.63) is 0 Å².